The first-order chi connectivity index (χ1) is 14.0. The predicted molar refractivity (Wildman–Crippen MR) is 118 cm³/mol. The van der Waals surface area contributed by atoms with Crippen LogP contribution in [0.25, 0.3) is 0 Å². The van der Waals surface area contributed by atoms with Gasteiger partial charge < -0.3 is 10.2 Å². The van der Waals surface area contributed by atoms with Gasteiger partial charge in [-0.3, -0.25) is 5.01 Å². The van der Waals surface area contributed by atoms with Gasteiger partial charge in [0.25, 0.3) is 0 Å². The third-order valence-corrected chi connectivity index (χ3v) is 5.72. The molecule has 9 heteroatoms. The molecule has 2 aromatic rings. The maximum atomic E-state index is 13.4. The molecule has 0 aromatic heterocycles. The van der Waals surface area contributed by atoms with Crippen LogP contribution in [-0.2, 0) is 4.74 Å². The van der Waals surface area contributed by atoms with Crippen LogP contribution in [0.2, 0.25) is 10.0 Å². The topological polar surface area (TPSA) is 40.1 Å². The van der Waals surface area contributed by atoms with Crippen molar-refractivity contribution in [3.05, 3.63) is 63.9 Å². The fourth-order valence-electron chi connectivity index (χ4n) is 3.36. The lowest BCUT2D eigenvalue weighted by Crippen LogP contribution is -2.49. The van der Waals surface area contributed by atoms with Crippen molar-refractivity contribution >= 4 is 51.8 Å². The van der Waals surface area contributed by atoms with Crippen LogP contribution >= 0.6 is 35.4 Å². The molecular weight excluding hydrogens is 434 g/mol. The molecule has 0 spiro atoms. The van der Waals surface area contributed by atoms with E-state index in [0.717, 1.165) is 30.1 Å². The van der Waals surface area contributed by atoms with E-state index in [2.05, 4.69) is 5.43 Å². The van der Waals surface area contributed by atoms with Crippen LogP contribution in [0.3, 0.4) is 0 Å². The second-order valence-corrected chi connectivity index (χ2v) is 8.05. The number of benzene rings is 2. The lowest BCUT2D eigenvalue weighted by atomic mass is 10.0. The number of hydrazone groups is 1. The maximum Gasteiger partial charge on any atom is 0.137 e. The molecule has 2 aliphatic rings. The Hall–Kier alpha value is -1.77. The molecule has 1 unspecified atom stereocenters. The van der Waals surface area contributed by atoms with Crippen molar-refractivity contribution in [3.63, 3.8) is 0 Å². The Bertz CT molecular complexity index is 935. The average molecular weight is 453 g/mol. The fraction of sp³-hybridized carbons (Fsp3) is 0.300. The number of hydrazine groups is 1. The Balaban J connectivity index is 1.62. The van der Waals surface area contributed by atoms with Crippen molar-refractivity contribution in [3.8, 4) is 0 Å². The summed E-state index contributed by atoms with van der Waals surface area (Å²) in [5, 5.41) is 9.65. The van der Waals surface area contributed by atoms with Crippen LogP contribution in [0.4, 0.5) is 10.1 Å². The third-order valence-electron chi connectivity index (χ3n) is 4.85. The molecule has 29 heavy (non-hydrogen) atoms. The van der Waals surface area contributed by atoms with Crippen LogP contribution in [0.5, 0.6) is 0 Å². The first-order valence-corrected chi connectivity index (χ1v) is 10.4. The van der Waals surface area contributed by atoms with Crippen molar-refractivity contribution in [2.24, 2.45) is 5.10 Å². The Labute approximate surface area is 184 Å². The number of rotatable bonds is 4. The molecular formula is C20H19Cl2FN4OS. The highest BCUT2D eigenvalue weighted by atomic mass is 35.5. The summed E-state index contributed by atoms with van der Waals surface area (Å²) in [6.07, 6.45) is 0.570. The van der Waals surface area contributed by atoms with Crippen LogP contribution in [0, 0.1) is 5.82 Å². The summed E-state index contributed by atoms with van der Waals surface area (Å²) in [7, 11) is 0. The maximum absolute atomic E-state index is 13.4. The predicted octanol–water partition coefficient (Wildman–Crippen LogP) is 4.60. The number of thiocarbonyl (C=S) groups is 1. The summed E-state index contributed by atoms with van der Waals surface area (Å²) in [4.78, 5) is 0.562. The summed E-state index contributed by atoms with van der Waals surface area (Å²) in [5.41, 5.74) is 5.63. The number of ether oxygens (including phenoxy) is 1. The van der Waals surface area contributed by atoms with E-state index in [0.29, 0.717) is 34.7 Å². The molecule has 0 radical (unpaired) electrons. The zero-order valence-electron chi connectivity index (χ0n) is 15.4. The van der Waals surface area contributed by atoms with Crippen LogP contribution in [0.15, 0.2) is 47.6 Å². The van der Waals surface area contributed by atoms with E-state index in [1.165, 1.54) is 12.1 Å². The van der Waals surface area contributed by atoms with E-state index in [1.807, 2.05) is 16.1 Å². The highest BCUT2D eigenvalue weighted by molar-refractivity contribution is 7.82. The van der Waals surface area contributed by atoms with Gasteiger partial charge in [-0.25, -0.2) is 9.40 Å². The van der Waals surface area contributed by atoms with Crippen LogP contribution in [-0.4, -0.2) is 42.0 Å². The standard InChI is InChI=1S/C20H19Cl2FN4OS/c21-14-3-6-18(16(22)11-14)27-19(13-1-4-15(23)5-2-13)12-17(24-27)20(29)25-26-7-9-28-10-8-26/h1-6,11,19H,7-10,12H2,(H,25,29). The number of hydrogen-bond acceptors (Lipinski definition) is 5. The summed E-state index contributed by atoms with van der Waals surface area (Å²) in [6, 6.07) is 11.5. The normalized spacial score (nSPS) is 19.9. The van der Waals surface area contributed by atoms with Crippen LogP contribution < -0.4 is 10.4 Å². The molecule has 1 saturated heterocycles. The smallest absolute Gasteiger partial charge is 0.137 e. The van der Waals surface area contributed by atoms with E-state index in [1.54, 1.807) is 24.3 Å². The highest BCUT2D eigenvalue weighted by Crippen LogP contribution is 2.39. The van der Waals surface area contributed by atoms with Gasteiger partial charge in [0.05, 0.1) is 35.7 Å². The van der Waals surface area contributed by atoms with Gasteiger partial charge in [-0.05, 0) is 35.9 Å². The van der Waals surface area contributed by atoms with E-state index >= 15 is 0 Å². The molecule has 152 valence electrons. The van der Waals surface area contributed by atoms with Crippen molar-refractivity contribution in [1.82, 2.24) is 10.4 Å². The number of anilines is 1. The van der Waals surface area contributed by atoms with Gasteiger partial charge >= 0.3 is 0 Å². The SMILES string of the molecule is Fc1ccc(C2CC(C(=S)NN3CCOCC3)=NN2c2ccc(Cl)cc2Cl)cc1. The van der Waals surface area contributed by atoms with Gasteiger partial charge in [-0.15, -0.1) is 0 Å². The molecule has 0 aliphatic carbocycles. The van der Waals surface area contributed by atoms with Gasteiger partial charge in [-0.2, -0.15) is 5.10 Å². The van der Waals surface area contributed by atoms with E-state index in [4.69, 9.17) is 45.3 Å². The Kier molecular flexibility index (Phi) is 6.32. The van der Waals surface area contributed by atoms with Gasteiger partial charge in [0.1, 0.15) is 10.8 Å². The van der Waals surface area contributed by atoms with Gasteiger partial charge in [0, 0.05) is 24.5 Å². The first-order valence-electron chi connectivity index (χ1n) is 9.22. The molecule has 5 nitrogen and oxygen atoms in total. The van der Waals surface area contributed by atoms with Gasteiger partial charge in [0.2, 0.25) is 0 Å². The molecule has 2 aliphatic heterocycles. The van der Waals surface area contributed by atoms with E-state index in [-0.39, 0.29) is 11.9 Å². The van der Waals surface area contributed by atoms with Crippen molar-refractivity contribution in [2.45, 2.75) is 12.5 Å². The number of hydrogen-bond donors (Lipinski definition) is 1. The third kappa shape index (κ3) is 4.70. The highest BCUT2D eigenvalue weighted by Gasteiger charge is 2.32. The first kappa shape index (κ1) is 20.5. The monoisotopic (exact) mass is 452 g/mol. The minimum Gasteiger partial charge on any atom is -0.379 e. The molecule has 2 aromatic carbocycles. The van der Waals surface area contributed by atoms with E-state index in [9.17, 15) is 4.39 Å². The zero-order chi connectivity index (χ0) is 20.4. The molecule has 1 atom stereocenters. The largest absolute Gasteiger partial charge is 0.379 e. The fourth-order valence-corrected chi connectivity index (χ4v) is 4.11. The second kappa shape index (κ2) is 8.93. The number of nitrogens with one attached hydrogen (secondary N) is 1. The van der Waals surface area contributed by atoms with Crippen LogP contribution in [0.1, 0.15) is 18.0 Å². The minimum atomic E-state index is -0.284. The molecule has 0 amide bonds. The van der Waals surface area contributed by atoms with Crippen molar-refractivity contribution < 1.29 is 9.13 Å². The summed E-state index contributed by atoms with van der Waals surface area (Å²) >= 11 is 18.1. The second-order valence-electron chi connectivity index (χ2n) is 6.80. The summed E-state index contributed by atoms with van der Waals surface area (Å²) in [6.45, 7) is 2.82. The van der Waals surface area contributed by atoms with Gasteiger partial charge in [0.15, 0.2) is 0 Å². The summed E-state index contributed by atoms with van der Waals surface area (Å²) in [5.74, 6) is -0.284. The molecule has 2 heterocycles. The zero-order valence-corrected chi connectivity index (χ0v) is 17.8. The molecule has 1 fully saturated rings. The van der Waals surface area contributed by atoms with Crippen molar-refractivity contribution in [2.75, 3.05) is 31.3 Å². The molecule has 0 bridgehead atoms. The minimum absolute atomic E-state index is 0.159. The number of morpholine rings is 1. The lowest BCUT2D eigenvalue weighted by molar-refractivity contribution is 0.0255. The summed E-state index contributed by atoms with van der Waals surface area (Å²) < 4.78 is 18.8. The Morgan fingerprint density at radius 2 is 1.86 bits per heavy atom. The average Bonchev–Trinajstić information content (AvgIpc) is 3.14. The van der Waals surface area contributed by atoms with E-state index < -0.39 is 0 Å². The van der Waals surface area contributed by atoms with Crippen molar-refractivity contribution in [1.29, 1.82) is 0 Å². The molecule has 1 N–H and O–H groups in total. The number of nitrogens with zero attached hydrogens (tertiary/aromatic N) is 3. The molecule has 0 saturated carbocycles. The Morgan fingerprint density at radius 1 is 1.14 bits per heavy atom. The number of halogens is 3. The lowest BCUT2D eigenvalue weighted by Gasteiger charge is -2.27. The quantitative estimate of drug-likeness (QED) is 0.686. The van der Waals surface area contributed by atoms with Gasteiger partial charge in [-0.1, -0.05) is 47.6 Å². The molecule has 4 rings (SSSR count). The Morgan fingerprint density at radius 3 is 2.55 bits per heavy atom.